The van der Waals surface area contributed by atoms with Crippen molar-refractivity contribution in [2.75, 3.05) is 33.3 Å². The minimum absolute atomic E-state index is 0.0153. The third kappa shape index (κ3) is 5.39. The third-order valence-electron chi connectivity index (χ3n) is 5.50. The number of piperazine rings is 1. The highest BCUT2D eigenvalue weighted by atomic mass is 16.5. The first-order chi connectivity index (χ1) is 14.5. The monoisotopic (exact) mass is 409 g/mol. The first-order valence-corrected chi connectivity index (χ1v) is 10.5. The molecule has 2 amide bonds. The van der Waals surface area contributed by atoms with Crippen LogP contribution < -0.4 is 10.1 Å². The van der Waals surface area contributed by atoms with Gasteiger partial charge in [0.15, 0.2) is 0 Å². The summed E-state index contributed by atoms with van der Waals surface area (Å²) in [6.45, 7) is 7.78. The Kier molecular flexibility index (Phi) is 7.46. The fourth-order valence-electron chi connectivity index (χ4n) is 3.73. The van der Waals surface area contributed by atoms with Crippen LogP contribution in [0.25, 0.3) is 0 Å². The molecule has 1 aliphatic rings. The molecule has 0 radical (unpaired) electrons. The van der Waals surface area contributed by atoms with Crippen molar-refractivity contribution < 1.29 is 14.3 Å². The van der Waals surface area contributed by atoms with Gasteiger partial charge in [0.25, 0.3) is 5.91 Å². The lowest BCUT2D eigenvalue weighted by atomic mass is 10.0. The molecule has 0 spiro atoms. The van der Waals surface area contributed by atoms with E-state index in [4.69, 9.17) is 4.74 Å². The molecular formula is C24H31N3O3. The van der Waals surface area contributed by atoms with Crippen molar-refractivity contribution in [1.82, 2.24) is 15.1 Å². The molecule has 30 heavy (non-hydrogen) atoms. The molecule has 1 atom stereocenters. The lowest BCUT2D eigenvalue weighted by Crippen LogP contribution is -2.56. The van der Waals surface area contributed by atoms with E-state index in [9.17, 15) is 9.59 Å². The van der Waals surface area contributed by atoms with E-state index in [0.717, 1.165) is 19.6 Å². The Balaban J connectivity index is 1.60. The van der Waals surface area contributed by atoms with E-state index in [1.807, 2.05) is 43.0 Å². The molecule has 1 heterocycles. The lowest BCUT2D eigenvalue weighted by Gasteiger charge is -2.37. The van der Waals surface area contributed by atoms with E-state index in [1.165, 1.54) is 12.7 Å². The fourth-order valence-corrected chi connectivity index (χ4v) is 3.73. The zero-order chi connectivity index (χ0) is 21.5. The lowest BCUT2D eigenvalue weighted by molar-refractivity contribution is -0.136. The summed E-state index contributed by atoms with van der Waals surface area (Å²) in [6.07, 6.45) is 0. The Morgan fingerprint density at radius 3 is 2.23 bits per heavy atom. The number of carbonyl (C=O) groups is 2. The zero-order valence-corrected chi connectivity index (χ0v) is 18.0. The molecule has 6 nitrogen and oxygen atoms in total. The molecule has 1 saturated heterocycles. The zero-order valence-electron chi connectivity index (χ0n) is 18.0. The molecule has 2 aromatic carbocycles. The SMILES string of the molecule is COc1ccccc1C(=O)N[C@H](C(=O)N1CCN(Cc2ccccc2)CC1)C(C)C. The van der Waals surface area contributed by atoms with Crippen LogP contribution >= 0.6 is 0 Å². The van der Waals surface area contributed by atoms with Gasteiger partial charge in [-0.15, -0.1) is 0 Å². The predicted molar refractivity (Wildman–Crippen MR) is 117 cm³/mol. The van der Waals surface area contributed by atoms with Gasteiger partial charge < -0.3 is 15.0 Å². The average Bonchev–Trinajstić information content (AvgIpc) is 2.78. The molecule has 1 aliphatic heterocycles. The third-order valence-corrected chi connectivity index (χ3v) is 5.50. The van der Waals surface area contributed by atoms with Gasteiger partial charge in [-0.3, -0.25) is 14.5 Å². The topological polar surface area (TPSA) is 61.9 Å². The Morgan fingerprint density at radius 2 is 1.60 bits per heavy atom. The van der Waals surface area contributed by atoms with Gasteiger partial charge in [0.05, 0.1) is 12.7 Å². The number of nitrogens with zero attached hydrogens (tertiary/aromatic N) is 2. The first-order valence-electron chi connectivity index (χ1n) is 10.5. The number of carbonyl (C=O) groups excluding carboxylic acids is 2. The van der Waals surface area contributed by atoms with E-state index in [-0.39, 0.29) is 17.7 Å². The second kappa shape index (κ2) is 10.3. The molecule has 3 rings (SSSR count). The van der Waals surface area contributed by atoms with E-state index < -0.39 is 6.04 Å². The van der Waals surface area contributed by atoms with Crippen LogP contribution in [-0.4, -0.2) is 60.9 Å². The van der Waals surface area contributed by atoms with Gasteiger partial charge in [-0.05, 0) is 23.6 Å². The van der Waals surface area contributed by atoms with Crippen LogP contribution in [0, 0.1) is 5.92 Å². The van der Waals surface area contributed by atoms with Crippen LogP contribution in [0.5, 0.6) is 5.75 Å². The summed E-state index contributed by atoms with van der Waals surface area (Å²) in [5.74, 6) is 0.174. The maximum absolute atomic E-state index is 13.2. The van der Waals surface area contributed by atoms with Gasteiger partial charge in [-0.2, -0.15) is 0 Å². The largest absolute Gasteiger partial charge is 0.496 e. The van der Waals surface area contributed by atoms with Crippen LogP contribution in [0.2, 0.25) is 0 Å². The molecule has 0 aliphatic carbocycles. The van der Waals surface area contributed by atoms with E-state index >= 15 is 0 Å². The van der Waals surface area contributed by atoms with E-state index in [0.29, 0.717) is 24.4 Å². The molecule has 0 aromatic heterocycles. The van der Waals surface area contributed by atoms with Crippen LogP contribution in [0.3, 0.4) is 0 Å². The van der Waals surface area contributed by atoms with Crippen LogP contribution in [-0.2, 0) is 11.3 Å². The standard InChI is InChI=1S/C24H31N3O3/c1-18(2)22(25-23(28)20-11-7-8-12-21(20)30-3)24(29)27-15-13-26(14-16-27)17-19-9-5-4-6-10-19/h4-12,18,22H,13-17H2,1-3H3,(H,25,28)/t22-/m0/s1. The molecule has 0 unspecified atom stereocenters. The number of hydrogen-bond acceptors (Lipinski definition) is 4. The van der Waals surface area contributed by atoms with E-state index in [1.54, 1.807) is 18.2 Å². The normalized spacial score (nSPS) is 15.7. The number of rotatable bonds is 7. The first kappa shape index (κ1) is 21.8. The summed E-state index contributed by atoms with van der Waals surface area (Å²) in [5, 5.41) is 2.93. The second-order valence-corrected chi connectivity index (χ2v) is 7.98. The molecular weight excluding hydrogens is 378 g/mol. The summed E-state index contributed by atoms with van der Waals surface area (Å²) in [6, 6.07) is 16.9. The van der Waals surface area contributed by atoms with Crippen molar-refractivity contribution in [3.8, 4) is 5.75 Å². The number of amides is 2. The Hall–Kier alpha value is -2.86. The van der Waals surface area contributed by atoms with E-state index in [2.05, 4.69) is 22.3 Å². The molecule has 1 N–H and O–H groups in total. The van der Waals surface area contributed by atoms with Gasteiger partial charge in [0.2, 0.25) is 5.91 Å². The number of ether oxygens (including phenoxy) is 1. The minimum Gasteiger partial charge on any atom is -0.496 e. The van der Waals surface area contributed by atoms with Crippen LogP contribution in [0.4, 0.5) is 0 Å². The molecule has 1 fully saturated rings. The van der Waals surface area contributed by atoms with Gasteiger partial charge in [-0.1, -0.05) is 56.3 Å². The predicted octanol–water partition coefficient (Wildman–Crippen LogP) is 2.79. The number of para-hydroxylation sites is 1. The Bertz CT molecular complexity index is 846. The molecule has 0 saturated carbocycles. The number of nitrogens with one attached hydrogen (secondary N) is 1. The van der Waals surface area contributed by atoms with Crippen LogP contribution in [0.1, 0.15) is 29.8 Å². The maximum Gasteiger partial charge on any atom is 0.255 e. The highest BCUT2D eigenvalue weighted by Gasteiger charge is 2.31. The number of methoxy groups -OCH3 is 1. The van der Waals surface area contributed by atoms with Crippen molar-refractivity contribution in [3.63, 3.8) is 0 Å². The number of hydrogen-bond donors (Lipinski definition) is 1. The number of benzene rings is 2. The Morgan fingerprint density at radius 1 is 0.967 bits per heavy atom. The van der Waals surface area contributed by atoms with Gasteiger partial charge in [-0.25, -0.2) is 0 Å². The maximum atomic E-state index is 13.2. The minimum atomic E-state index is -0.567. The summed E-state index contributed by atoms with van der Waals surface area (Å²) >= 11 is 0. The Labute approximate surface area is 178 Å². The van der Waals surface area contributed by atoms with Crippen molar-refractivity contribution in [2.24, 2.45) is 5.92 Å². The van der Waals surface area contributed by atoms with Crippen molar-refractivity contribution in [3.05, 3.63) is 65.7 Å². The molecule has 2 aromatic rings. The molecule has 160 valence electrons. The highest BCUT2D eigenvalue weighted by Crippen LogP contribution is 2.18. The van der Waals surface area contributed by atoms with Gasteiger partial charge in [0.1, 0.15) is 11.8 Å². The quantitative estimate of drug-likeness (QED) is 0.764. The summed E-state index contributed by atoms with van der Waals surface area (Å²) in [5.41, 5.74) is 1.72. The highest BCUT2D eigenvalue weighted by molar-refractivity contribution is 5.99. The second-order valence-electron chi connectivity index (χ2n) is 7.98. The molecule has 0 bridgehead atoms. The van der Waals surface area contributed by atoms with Gasteiger partial charge in [0, 0.05) is 32.7 Å². The molecule has 6 heteroatoms. The summed E-state index contributed by atoms with van der Waals surface area (Å²) < 4.78 is 5.28. The van der Waals surface area contributed by atoms with Crippen molar-refractivity contribution in [1.29, 1.82) is 0 Å². The van der Waals surface area contributed by atoms with Crippen LogP contribution in [0.15, 0.2) is 54.6 Å². The van der Waals surface area contributed by atoms with Crippen molar-refractivity contribution in [2.45, 2.75) is 26.4 Å². The fraction of sp³-hybridized carbons (Fsp3) is 0.417. The smallest absolute Gasteiger partial charge is 0.255 e. The van der Waals surface area contributed by atoms with Crippen molar-refractivity contribution >= 4 is 11.8 Å². The van der Waals surface area contributed by atoms with Gasteiger partial charge >= 0.3 is 0 Å². The summed E-state index contributed by atoms with van der Waals surface area (Å²) in [7, 11) is 1.53. The summed E-state index contributed by atoms with van der Waals surface area (Å²) in [4.78, 5) is 30.2. The average molecular weight is 410 g/mol.